The summed E-state index contributed by atoms with van der Waals surface area (Å²) in [5.74, 6) is -0.365. The summed E-state index contributed by atoms with van der Waals surface area (Å²) in [6.45, 7) is 1.98. The van der Waals surface area contributed by atoms with Gasteiger partial charge in [0, 0.05) is 11.8 Å². The lowest BCUT2D eigenvalue weighted by Gasteiger charge is -2.04. The van der Waals surface area contributed by atoms with Crippen molar-refractivity contribution in [2.75, 3.05) is 0 Å². The third-order valence-corrected chi connectivity index (χ3v) is 4.90. The maximum absolute atomic E-state index is 13.4. The molecule has 0 spiro atoms. The van der Waals surface area contributed by atoms with Gasteiger partial charge in [0.05, 0.1) is 5.69 Å². The highest BCUT2D eigenvalue weighted by molar-refractivity contribution is 6.15. The first-order valence-corrected chi connectivity index (χ1v) is 9.20. The number of hydrogen-bond acceptors (Lipinski definition) is 4. The molecule has 0 aliphatic heterocycles. The Bertz CT molecular complexity index is 1430. The van der Waals surface area contributed by atoms with Gasteiger partial charge in [-0.05, 0) is 31.2 Å². The van der Waals surface area contributed by atoms with Crippen LogP contribution in [0.2, 0.25) is 0 Å². The van der Waals surface area contributed by atoms with Gasteiger partial charge in [0.25, 0.3) is 5.56 Å². The molecule has 140 valence electrons. The number of carbonyl (C=O) groups excluding carboxylic acids is 1. The van der Waals surface area contributed by atoms with Crippen LogP contribution < -0.4 is 5.56 Å². The Hall–Kier alpha value is -4.06. The molecule has 6 nitrogen and oxygen atoms in total. The standard InChI is InChI=1S/C23H16N4O2/c1-14-9-11-16(12-10-14)27-22-19(26-21-17(25-22)8-5-13-24-21)18(23(27)29)20(28)15-6-3-2-4-7-15/h2-13H,1H3,(H,24,26). The van der Waals surface area contributed by atoms with Crippen molar-refractivity contribution in [2.45, 2.75) is 6.92 Å². The van der Waals surface area contributed by atoms with Crippen LogP contribution in [0.5, 0.6) is 0 Å². The molecule has 0 amide bonds. The summed E-state index contributed by atoms with van der Waals surface area (Å²) in [7, 11) is 0. The number of benzene rings is 2. The quantitative estimate of drug-likeness (QED) is 0.483. The zero-order valence-corrected chi connectivity index (χ0v) is 15.6. The number of aromatic amines is 1. The minimum Gasteiger partial charge on any atom is -0.345 e. The van der Waals surface area contributed by atoms with E-state index in [-0.39, 0.29) is 11.3 Å². The first kappa shape index (κ1) is 17.1. The van der Waals surface area contributed by atoms with Gasteiger partial charge in [-0.25, -0.2) is 9.97 Å². The Labute approximate surface area is 165 Å². The lowest BCUT2D eigenvalue weighted by molar-refractivity contribution is 0.103. The normalized spacial score (nSPS) is 11.2. The molecule has 0 saturated carbocycles. The zero-order chi connectivity index (χ0) is 20.0. The molecule has 0 fully saturated rings. The fourth-order valence-electron chi connectivity index (χ4n) is 3.43. The van der Waals surface area contributed by atoms with E-state index in [2.05, 4.69) is 15.0 Å². The van der Waals surface area contributed by atoms with Crippen molar-refractivity contribution in [1.29, 1.82) is 0 Å². The maximum atomic E-state index is 13.4. The van der Waals surface area contributed by atoms with E-state index in [0.29, 0.717) is 33.6 Å². The second-order valence-electron chi connectivity index (χ2n) is 6.85. The van der Waals surface area contributed by atoms with Crippen LogP contribution in [0.1, 0.15) is 21.5 Å². The number of nitrogens with zero attached hydrogens (tertiary/aromatic N) is 3. The smallest absolute Gasteiger partial charge is 0.270 e. The van der Waals surface area contributed by atoms with E-state index >= 15 is 0 Å². The molecule has 0 unspecified atom stereocenters. The Balaban J connectivity index is 1.88. The molecule has 3 aromatic heterocycles. The number of fused-ring (bicyclic) bond motifs is 2. The van der Waals surface area contributed by atoms with E-state index in [9.17, 15) is 9.59 Å². The van der Waals surface area contributed by atoms with E-state index in [1.54, 1.807) is 30.5 Å². The van der Waals surface area contributed by atoms with E-state index in [0.717, 1.165) is 5.56 Å². The number of ketones is 1. The summed E-state index contributed by atoms with van der Waals surface area (Å²) in [6, 6.07) is 19.9. The number of rotatable bonds is 3. The molecule has 1 N–H and O–H groups in total. The topological polar surface area (TPSA) is 80.6 Å². The first-order chi connectivity index (χ1) is 14.1. The van der Waals surface area contributed by atoms with Crippen LogP contribution in [0.15, 0.2) is 77.7 Å². The number of hydrogen-bond donors (Lipinski definition) is 1. The van der Waals surface area contributed by atoms with Gasteiger partial charge in [-0.3, -0.25) is 14.2 Å². The summed E-state index contributed by atoms with van der Waals surface area (Å²) in [6.07, 6.45) is 1.73. The van der Waals surface area contributed by atoms with Crippen LogP contribution in [0.4, 0.5) is 0 Å². The van der Waals surface area contributed by atoms with E-state index in [1.165, 1.54) is 4.57 Å². The van der Waals surface area contributed by atoms with Crippen molar-refractivity contribution < 1.29 is 4.79 Å². The number of carbonyl (C=O) groups is 1. The van der Waals surface area contributed by atoms with Crippen molar-refractivity contribution in [2.24, 2.45) is 0 Å². The molecular weight excluding hydrogens is 364 g/mol. The Morgan fingerprint density at radius 2 is 1.69 bits per heavy atom. The Kier molecular flexibility index (Phi) is 3.84. The molecule has 0 bridgehead atoms. The molecule has 0 atom stereocenters. The highest BCUT2D eigenvalue weighted by atomic mass is 16.1. The second kappa shape index (κ2) is 6.53. The predicted molar refractivity (Wildman–Crippen MR) is 112 cm³/mol. The van der Waals surface area contributed by atoms with Gasteiger partial charge in [0.2, 0.25) is 5.78 Å². The summed E-state index contributed by atoms with van der Waals surface area (Å²) in [5, 5.41) is 0. The Morgan fingerprint density at radius 1 is 0.931 bits per heavy atom. The van der Waals surface area contributed by atoms with Gasteiger partial charge in [0.1, 0.15) is 16.6 Å². The van der Waals surface area contributed by atoms with E-state index in [1.807, 2.05) is 49.4 Å². The minimum absolute atomic E-state index is 0.0263. The monoisotopic (exact) mass is 380 g/mol. The van der Waals surface area contributed by atoms with Crippen molar-refractivity contribution in [3.8, 4) is 5.69 Å². The van der Waals surface area contributed by atoms with E-state index < -0.39 is 5.56 Å². The molecule has 0 aliphatic carbocycles. The van der Waals surface area contributed by atoms with Crippen LogP contribution >= 0.6 is 0 Å². The SMILES string of the molecule is Cc1ccc(-n2c(=O)c(C(=O)c3ccccc3)c3nc4[nH]cccc4nc32)cc1. The van der Waals surface area contributed by atoms with Gasteiger partial charge in [-0.15, -0.1) is 0 Å². The summed E-state index contributed by atoms with van der Waals surface area (Å²) in [4.78, 5) is 38.9. The van der Waals surface area contributed by atoms with Crippen LogP contribution in [-0.4, -0.2) is 25.3 Å². The van der Waals surface area contributed by atoms with Crippen LogP contribution in [0.3, 0.4) is 0 Å². The van der Waals surface area contributed by atoms with Gasteiger partial charge in [-0.2, -0.15) is 0 Å². The third-order valence-electron chi connectivity index (χ3n) is 4.90. The number of pyridine rings is 1. The summed E-state index contributed by atoms with van der Waals surface area (Å²) < 4.78 is 1.46. The van der Waals surface area contributed by atoms with Crippen molar-refractivity contribution >= 4 is 28.1 Å². The molecule has 5 aromatic rings. The predicted octanol–water partition coefficient (Wildman–Crippen LogP) is 3.80. The van der Waals surface area contributed by atoms with Crippen LogP contribution in [-0.2, 0) is 0 Å². The Morgan fingerprint density at radius 3 is 2.45 bits per heavy atom. The van der Waals surface area contributed by atoms with Crippen molar-refractivity contribution in [1.82, 2.24) is 19.5 Å². The van der Waals surface area contributed by atoms with Crippen molar-refractivity contribution in [3.63, 3.8) is 0 Å². The number of H-pyrrole nitrogens is 1. The number of aromatic nitrogens is 4. The molecule has 5 rings (SSSR count). The maximum Gasteiger partial charge on any atom is 0.270 e. The molecule has 6 heteroatoms. The largest absolute Gasteiger partial charge is 0.345 e. The fourth-order valence-corrected chi connectivity index (χ4v) is 3.43. The third kappa shape index (κ3) is 2.73. The number of nitrogens with one attached hydrogen (secondary N) is 1. The first-order valence-electron chi connectivity index (χ1n) is 9.20. The molecule has 2 aromatic carbocycles. The average molecular weight is 380 g/mol. The summed E-state index contributed by atoms with van der Waals surface area (Å²) >= 11 is 0. The molecule has 3 heterocycles. The molecule has 29 heavy (non-hydrogen) atoms. The lowest BCUT2D eigenvalue weighted by atomic mass is 10.1. The van der Waals surface area contributed by atoms with Gasteiger partial charge in [-0.1, -0.05) is 48.0 Å². The average Bonchev–Trinajstić information content (AvgIpc) is 3.03. The van der Waals surface area contributed by atoms with Crippen LogP contribution in [0, 0.1) is 6.92 Å². The fraction of sp³-hybridized carbons (Fsp3) is 0.0435. The molecule has 0 aliphatic rings. The highest BCUT2D eigenvalue weighted by Crippen LogP contribution is 2.23. The minimum atomic E-state index is -0.423. The second-order valence-corrected chi connectivity index (χ2v) is 6.85. The van der Waals surface area contributed by atoms with E-state index in [4.69, 9.17) is 0 Å². The summed E-state index contributed by atoms with van der Waals surface area (Å²) in [5.41, 5.74) is 3.55. The van der Waals surface area contributed by atoms with Gasteiger partial charge in [0.15, 0.2) is 11.3 Å². The van der Waals surface area contributed by atoms with Crippen LogP contribution in [0.25, 0.3) is 28.0 Å². The molecular formula is C23H16N4O2. The van der Waals surface area contributed by atoms with Crippen molar-refractivity contribution in [3.05, 3.63) is 100.0 Å². The van der Waals surface area contributed by atoms with Gasteiger partial charge >= 0.3 is 0 Å². The number of aryl methyl sites for hydroxylation is 1. The zero-order valence-electron chi connectivity index (χ0n) is 15.6. The molecule has 0 saturated heterocycles. The van der Waals surface area contributed by atoms with Gasteiger partial charge < -0.3 is 4.98 Å². The lowest BCUT2D eigenvalue weighted by Crippen LogP contribution is -2.20. The molecule has 0 radical (unpaired) electrons. The highest BCUT2D eigenvalue weighted by Gasteiger charge is 2.25.